The van der Waals surface area contributed by atoms with Gasteiger partial charge in [-0.1, -0.05) is 48.5 Å². The lowest BCUT2D eigenvalue weighted by atomic mass is 10.1. The lowest BCUT2D eigenvalue weighted by Gasteiger charge is -2.26. The number of hydrogen-bond donors (Lipinski definition) is 1. The molecule has 1 aliphatic rings. The molecule has 0 aromatic heterocycles. The summed E-state index contributed by atoms with van der Waals surface area (Å²) in [5.41, 5.74) is 0.614. The van der Waals surface area contributed by atoms with Crippen molar-refractivity contribution >= 4 is 21.6 Å². The molecule has 11 heteroatoms. The van der Waals surface area contributed by atoms with Gasteiger partial charge in [0.1, 0.15) is 6.54 Å². The van der Waals surface area contributed by atoms with E-state index in [1.165, 1.54) is 30.3 Å². The molecule has 0 unspecified atom stereocenters. The Balaban J connectivity index is 1.51. The maximum absolute atomic E-state index is 13.4. The van der Waals surface area contributed by atoms with Crippen LogP contribution in [0.3, 0.4) is 0 Å². The first-order valence-electron chi connectivity index (χ1n) is 12.0. The summed E-state index contributed by atoms with van der Waals surface area (Å²) in [6, 6.07) is 18.9. The zero-order valence-corrected chi connectivity index (χ0v) is 21.3. The van der Waals surface area contributed by atoms with Gasteiger partial charge >= 0.3 is 6.18 Å². The number of carbonyl (C=O) groups is 1. The molecule has 202 valence electrons. The van der Waals surface area contributed by atoms with Crippen LogP contribution in [-0.4, -0.2) is 52.1 Å². The Morgan fingerprint density at radius 3 is 2.32 bits per heavy atom. The Labute approximate surface area is 219 Å². The third kappa shape index (κ3) is 7.12. The average molecular weight is 548 g/mol. The van der Waals surface area contributed by atoms with Gasteiger partial charge in [0.05, 0.1) is 29.4 Å². The number of morpholine rings is 1. The van der Waals surface area contributed by atoms with Crippen molar-refractivity contribution in [3.63, 3.8) is 0 Å². The molecule has 0 radical (unpaired) electrons. The first-order valence-corrected chi connectivity index (χ1v) is 13.5. The van der Waals surface area contributed by atoms with Crippen LogP contribution in [0, 0.1) is 0 Å². The van der Waals surface area contributed by atoms with Crippen molar-refractivity contribution in [2.75, 3.05) is 37.2 Å². The van der Waals surface area contributed by atoms with E-state index in [2.05, 4.69) is 10.2 Å². The third-order valence-electron chi connectivity index (χ3n) is 6.07. The van der Waals surface area contributed by atoms with Gasteiger partial charge in [0.15, 0.2) is 0 Å². The van der Waals surface area contributed by atoms with E-state index in [1.807, 2.05) is 24.3 Å². The van der Waals surface area contributed by atoms with Gasteiger partial charge in [0, 0.05) is 26.2 Å². The van der Waals surface area contributed by atoms with Gasteiger partial charge in [-0.15, -0.1) is 0 Å². The molecule has 1 amide bonds. The molecule has 3 aromatic rings. The highest BCUT2D eigenvalue weighted by atomic mass is 32.2. The van der Waals surface area contributed by atoms with Crippen molar-refractivity contribution in [3.8, 4) is 0 Å². The van der Waals surface area contributed by atoms with E-state index in [0.717, 1.165) is 49.0 Å². The van der Waals surface area contributed by atoms with Gasteiger partial charge in [0.2, 0.25) is 5.91 Å². The van der Waals surface area contributed by atoms with E-state index in [1.54, 1.807) is 6.07 Å². The minimum Gasteiger partial charge on any atom is -0.379 e. The molecule has 0 bridgehead atoms. The Morgan fingerprint density at radius 2 is 1.61 bits per heavy atom. The van der Waals surface area contributed by atoms with Crippen LogP contribution in [0.1, 0.15) is 16.7 Å². The molecule has 1 heterocycles. The first kappa shape index (κ1) is 27.6. The molecule has 1 aliphatic heterocycles. The van der Waals surface area contributed by atoms with Gasteiger partial charge in [-0.3, -0.25) is 14.0 Å². The fourth-order valence-electron chi connectivity index (χ4n) is 4.11. The van der Waals surface area contributed by atoms with Crippen molar-refractivity contribution in [1.29, 1.82) is 0 Å². The Hall–Kier alpha value is -3.41. The SMILES string of the molecule is O=C(CN(c1cccc(C(F)(F)F)c1)S(=O)(=O)c1ccccc1)NCc1cccc(CN2CCOCC2)c1. The van der Waals surface area contributed by atoms with E-state index in [9.17, 15) is 26.4 Å². The predicted octanol–water partition coefficient (Wildman–Crippen LogP) is 4.05. The Kier molecular flexibility index (Phi) is 8.70. The van der Waals surface area contributed by atoms with Crippen molar-refractivity contribution in [3.05, 3.63) is 95.6 Å². The zero-order chi connectivity index (χ0) is 27.2. The summed E-state index contributed by atoms with van der Waals surface area (Å²) in [4.78, 5) is 15.0. The lowest BCUT2D eigenvalue weighted by molar-refractivity contribution is -0.137. The van der Waals surface area contributed by atoms with Crippen LogP contribution in [0.2, 0.25) is 0 Å². The minimum atomic E-state index is -4.67. The van der Waals surface area contributed by atoms with E-state index in [4.69, 9.17) is 4.74 Å². The number of anilines is 1. The molecule has 3 aromatic carbocycles. The monoisotopic (exact) mass is 547 g/mol. The molecule has 1 N–H and O–H groups in total. The maximum atomic E-state index is 13.4. The molecule has 1 fully saturated rings. The highest BCUT2D eigenvalue weighted by Gasteiger charge is 2.33. The van der Waals surface area contributed by atoms with Crippen LogP contribution >= 0.6 is 0 Å². The standard InChI is InChI=1S/C27H28F3N3O4S/c28-27(29,30)23-8-5-9-24(17-23)33(38(35,36)25-10-2-1-3-11-25)20-26(34)31-18-21-6-4-7-22(16-21)19-32-12-14-37-15-13-32/h1-11,16-17H,12-15,18-20H2,(H,31,34). The number of halogens is 3. The Bertz CT molecular complexity index is 1340. The van der Waals surface area contributed by atoms with Crippen LogP contribution in [0.15, 0.2) is 83.8 Å². The molecule has 38 heavy (non-hydrogen) atoms. The molecular formula is C27H28F3N3O4S. The van der Waals surface area contributed by atoms with Crippen LogP contribution in [0.25, 0.3) is 0 Å². The number of hydrogen-bond acceptors (Lipinski definition) is 5. The molecule has 7 nitrogen and oxygen atoms in total. The van der Waals surface area contributed by atoms with Gasteiger partial charge in [-0.2, -0.15) is 13.2 Å². The number of nitrogens with zero attached hydrogens (tertiary/aromatic N) is 2. The smallest absolute Gasteiger partial charge is 0.379 e. The van der Waals surface area contributed by atoms with Gasteiger partial charge in [-0.05, 0) is 41.5 Å². The van der Waals surface area contributed by atoms with Gasteiger partial charge in [0.25, 0.3) is 10.0 Å². The number of sulfonamides is 1. The van der Waals surface area contributed by atoms with Crippen LogP contribution < -0.4 is 9.62 Å². The van der Waals surface area contributed by atoms with Crippen LogP contribution in [0.5, 0.6) is 0 Å². The number of rotatable bonds is 9. The summed E-state index contributed by atoms with van der Waals surface area (Å²) in [7, 11) is -4.33. The summed E-state index contributed by atoms with van der Waals surface area (Å²) in [5.74, 6) is -0.652. The molecule has 1 saturated heterocycles. The quantitative estimate of drug-likeness (QED) is 0.438. The normalized spacial score (nSPS) is 14.7. The van der Waals surface area contributed by atoms with Crippen molar-refractivity contribution < 1.29 is 31.1 Å². The number of alkyl halides is 3. The fourth-order valence-corrected chi connectivity index (χ4v) is 5.55. The highest BCUT2D eigenvalue weighted by molar-refractivity contribution is 7.92. The zero-order valence-electron chi connectivity index (χ0n) is 20.5. The first-order chi connectivity index (χ1) is 18.1. The maximum Gasteiger partial charge on any atom is 0.416 e. The summed E-state index contributed by atoms with van der Waals surface area (Å²) in [5, 5.41) is 2.70. The second kappa shape index (κ2) is 12.0. The van der Waals surface area contributed by atoms with Crippen LogP contribution in [0.4, 0.5) is 18.9 Å². The van der Waals surface area contributed by atoms with E-state index in [0.29, 0.717) is 17.5 Å². The van der Waals surface area contributed by atoms with Crippen LogP contribution in [-0.2, 0) is 38.8 Å². The van der Waals surface area contributed by atoms with Gasteiger partial charge < -0.3 is 10.1 Å². The molecule has 4 rings (SSSR count). The molecule has 0 spiro atoms. The number of benzene rings is 3. The summed E-state index contributed by atoms with van der Waals surface area (Å²) >= 11 is 0. The number of nitrogens with one attached hydrogen (secondary N) is 1. The average Bonchev–Trinajstić information content (AvgIpc) is 2.91. The largest absolute Gasteiger partial charge is 0.416 e. The van der Waals surface area contributed by atoms with E-state index in [-0.39, 0.29) is 17.1 Å². The summed E-state index contributed by atoms with van der Waals surface area (Å²) in [6.45, 7) is 3.23. The Morgan fingerprint density at radius 1 is 0.921 bits per heavy atom. The van der Waals surface area contributed by atoms with E-state index >= 15 is 0 Å². The predicted molar refractivity (Wildman–Crippen MR) is 137 cm³/mol. The van der Waals surface area contributed by atoms with Crippen molar-refractivity contribution in [1.82, 2.24) is 10.2 Å². The van der Waals surface area contributed by atoms with Crippen molar-refractivity contribution in [2.24, 2.45) is 0 Å². The number of carbonyl (C=O) groups excluding carboxylic acids is 1. The lowest BCUT2D eigenvalue weighted by Crippen LogP contribution is -2.40. The number of ether oxygens (including phenoxy) is 1. The molecule has 0 atom stereocenters. The minimum absolute atomic E-state index is 0.137. The second-order valence-electron chi connectivity index (χ2n) is 8.86. The van der Waals surface area contributed by atoms with E-state index < -0.39 is 34.2 Å². The number of amides is 1. The molecular weight excluding hydrogens is 519 g/mol. The second-order valence-corrected chi connectivity index (χ2v) is 10.7. The molecule has 0 aliphatic carbocycles. The third-order valence-corrected chi connectivity index (χ3v) is 7.86. The fraction of sp³-hybridized carbons (Fsp3) is 0.296. The van der Waals surface area contributed by atoms with Gasteiger partial charge in [-0.25, -0.2) is 8.42 Å². The topological polar surface area (TPSA) is 79.0 Å². The molecule has 0 saturated carbocycles. The summed E-state index contributed by atoms with van der Waals surface area (Å²) < 4.78 is 72.9. The summed E-state index contributed by atoms with van der Waals surface area (Å²) in [6.07, 6.45) is -4.67. The highest BCUT2D eigenvalue weighted by Crippen LogP contribution is 2.33. The van der Waals surface area contributed by atoms with Crippen molar-refractivity contribution in [2.45, 2.75) is 24.2 Å².